The standard InChI is InChI=1S/C17H26N4O3/c1-2-9-21-13(5-8-19-21)17(23)20-10-6-12(7-11-20)14-3-4-15(24-14)16(18)22/h5,8,12,14-15H,2-4,6-7,9-11H2,1H3,(H2,18,22)/t14-,15+/m0/s1. The molecule has 0 bridgehead atoms. The van der Waals surface area contributed by atoms with E-state index in [2.05, 4.69) is 12.0 Å². The zero-order valence-electron chi connectivity index (χ0n) is 14.2. The molecule has 132 valence electrons. The van der Waals surface area contributed by atoms with Crippen LogP contribution in [0.5, 0.6) is 0 Å². The second-order valence-corrected chi connectivity index (χ2v) is 6.71. The number of primary amides is 1. The Hall–Kier alpha value is -1.89. The van der Waals surface area contributed by atoms with Crippen LogP contribution < -0.4 is 5.73 Å². The van der Waals surface area contributed by atoms with E-state index in [1.54, 1.807) is 16.9 Å². The van der Waals surface area contributed by atoms with Gasteiger partial charge < -0.3 is 15.4 Å². The Kier molecular flexibility index (Phi) is 5.18. The number of carbonyl (C=O) groups is 2. The van der Waals surface area contributed by atoms with Crippen molar-refractivity contribution >= 4 is 11.8 Å². The van der Waals surface area contributed by atoms with Crippen molar-refractivity contribution in [1.29, 1.82) is 0 Å². The minimum atomic E-state index is -0.432. The number of hydrogen-bond donors (Lipinski definition) is 1. The van der Waals surface area contributed by atoms with Crippen molar-refractivity contribution in [3.8, 4) is 0 Å². The summed E-state index contributed by atoms with van der Waals surface area (Å²) in [6, 6.07) is 1.79. The summed E-state index contributed by atoms with van der Waals surface area (Å²) in [5, 5.41) is 4.23. The van der Waals surface area contributed by atoms with Crippen LogP contribution in [0.25, 0.3) is 0 Å². The van der Waals surface area contributed by atoms with Gasteiger partial charge in [-0.15, -0.1) is 0 Å². The molecular formula is C17H26N4O3. The van der Waals surface area contributed by atoms with Gasteiger partial charge in [-0.1, -0.05) is 6.92 Å². The predicted molar refractivity (Wildman–Crippen MR) is 88.2 cm³/mol. The first-order chi connectivity index (χ1) is 11.6. The van der Waals surface area contributed by atoms with E-state index in [-0.39, 0.29) is 17.9 Å². The normalized spacial score (nSPS) is 25.1. The summed E-state index contributed by atoms with van der Waals surface area (Å²) in [5.74, 6) is 0.0926. The number of nitrogens with two attached hydrogens (primary N) is 1. The molecule has 0 saturated carbocycles. The van der Waals surface area contributed by atoms with E-state index >= 15 is 0 Å². The number of amides is 2. The van der Waals surface area contributed by atoms with Gasteiger partial charge >= 0.3 is 0 Å². The van der Waals surface area contributed by atoms with Gasteiger partial charge in [-0.3, -0.25) is 14.3 Å². The van der Waals surface area contributed by atoms with Crippen LogP contribution in [-0.4, -0.2) is 51.8 Å². The van der Waals surface area contributed by atoms with Crippen LogP contribution in [0.2, 0.25) is 0 Å². The molecule has 2 fully saturated rings. The van der Waals surface area contributed by atoms with E-state index in [9.17, 15) is 9.59 Å². The monoisotopic (exact) mass is 334 g/mol. The molecular weight excluding hydrogens is 308 g/mol. The second-order valence-electron chi connectivity index (χ2n) is 6.71. The van der Waals surface area contributed by atoms with Crippen LogP contribution >= 0.6 is 0 Å². The molecule has 3 rings (SSSR count). The first-order valence-corrected chi connectivity index (χ1v) is 8.86. The number of likely N-dealkylation sites (tertiary alicyclic amines) is 1. The van der Waals surface area contributed by atoms with E-state index in [4.69, 9.17) is 10.5 Å². The quantitative estimate of drug-likeness (QED) is 0.875. The number of piperidine rings is 1. The Balaban J connectivity index is 1.54. The molecule has 2 amide bonds. The highest BCUT2D eigenvalue weighted by molar-refractivity contribution is 5.92. The average molecular weight is 334 g/mol. The summed E-state index contributed by atoms with van der Waals surface area (Å²) in [5.41, 5.74) is 5.99. The lowest BCUT2D eigenvalue weighted by atomic mass is 9.89. The van der Waals surface area contributed by atoms with Crippen molar-refractivity contribution in [3.63, 3.8) is 0 Å². The number of nitrogens with zero attached hydrogens (tertiary/aromatic N) is 3. The third-order valence-electron chi connectivity index (χ3n) is 5.09. The van der Waals surface area contributed by atoms with Gasteiger partial charge in [0.2, 0.25) is 5.91 Å². The number of aromatic nitrogens is 2. The average Bonchev–Trinajstić information content (AvgIpc) is 3.24. The summed E-state index contributed by atoms with van der Waals surface area (Å²) in [6.07, 6.45) is 5.72. The predicted octanol–water partition coefficient (Wildman–Crippen LogP) is 1.18. The van der Waals surface area contributed by atoms with Crippen LogP contribution in [0.3, 0.4) is 0 Å². The smallest absolute Gasteiger partial charge is 0.272 e. The third-order valence-corrected chi connectivity index (χ3v) is 5.09. The molecule has 24 heavy (non-hydrogen) atoms. The van der Waals surface area contributed by atoms with Crippen LogP contribution in [0.15, 0.2) is 12.3 Å². The number of aryl methyl sites for hydroxylation is 1. The molecule has 2 atom stereocenters. The molecule has 7 heteroatoms. The second kappa shape index (κ2) is 7.34. The van der Waals surface area contributed by atoms with Crippen LogP contribution in [0, 0.1) is 5.92 Å². The molecule has 2 aliphatic rings. The van der Waals surface area contributed by atoms with Gasteiger partial charge in [0.25, 0.3) is 5.91 Å². The fourth-order valence-corrected chi connectivity index (χ4v) is 3.76. The van der Waals surface area contributed by atoms with E-state index in [1.165, 1.54) is 0 Å². The molecule has 3 heterocycles. The molecule has 0 spiro atoms. The molecule has 2 saturated heterocycles. The molecule has 0 aliphatic carbocycles. The van der Waals surface area contributed by atoms with Gasteiger partial charge in [0, 0.05) is 25.8 Å². The topological polar surface area (TPSA) is 90.5 Å². The molecule has 0 unspecified atom stereocenters. The summed E-state index contributed by atoms with van der Waals surface area (Å²) in [4.78, 5) is 25.8. The molecule has 1 aromatic heterocycles. The van der Waals surface area contributed by atoms with Crippen LogP contribution in [-0.2, 0) is 16.1 Å². The van der Waals surface area contributed by atoms with Crippen molar-refractivity contribution < 1.29 is 14.3 Å². The first kappa shape index (κ1) is 17.0. The van der Waals surface area contributed by atoms with E-state index in [0.717, 1.165) is 51.7 Å². The van der Waals surface area contributed by atoms with Gasteiger partial charge in [0.05, 0.1) is 6.10 Å². The van der Waals surface area contributed by atoms with E-state index in [0.29, 0.717) is 11.6 Å². The highest BCUT2D eigenvalue weighted by Gasteiger charge is 2.36. The van der Waals surface area contributed by atoms with Gasteiger partial charge in [-0.05, 0) is 44.1 Å². The molecule has 1 aromatic rings. The zero-order chi connectivity index (χ0) is 17.1. The minimum Gasteiger partial charge on any atom is -0.367 e. The molecule has 2 aliphatic heterocycles. The highest BCUT2D eigenvalue weighted by Crippen LogP contribution is 2.32. The lowest BCUT2D eigenvalue weighted by Gasteiger charge is -2.34. The molecule has 7 nitrogen and oxygen atoms in total. The van der Waals surface area contributed by atoms with Crippen LogP contribution in [0.4, 0.5) is 0 Å². The van der Waals surface area contributed by atoms with Crippen molar-refractivity contribution in [2.75, 3.05) is 13.1 Å². The van der Waals surface area contributed by atoms with Gasteiger partial charge in [0.1, 0.15) is 11.8 Å². The highest BCUT2D eigenvalue weighted by atomic mass is 16.5. The minimum absolute atomic E-state index is 0.0572. The van der Waals surface area contributed by atoms with Gasteiger partial charge in [-0.2, -0.15) is 5.10 Å². The Bertz CT molecular complexity index is 592. The maximum atomic E-state index is 12.7. The fraction of sp³-hybridized carbons (Fsp3) is 0.706. The lowest BCUT2D eigenvalue weighted by molar-refractivity contribution is -0.130. The molecule has 0 radical (unpaired) electrons. The summed E-state index contributed by atoms with van der Waals surface area (Å²) in [6.45, 7) is 4.28. The Morgan fingerprint density at radius 3 is 2.67 bits per heavy atom. The number of carbonyl (C=O) groups excluding carboxylic acids is 2. The SMILES string of the molecule is CCCn1nccc1C(=O)N1CCC([C@@H]2CC[C@H](C(N)=O)O2)CC1. The Morgan fingerprint density at radius 2 is 2.04 bits per heavy atom. The Morgan fingerprint density at radius 1 is 1.29 bits per heavy atom. The molecule has 0 aromatic carbocycles. The summed E-state index contributed by atoms with van der Waals surface area (Å²) < 4.78 is 7.57. The fourth-order valence-electron chi connectivity index (χ4n) is 3.76. The third kappa shape index (κ3) is 3.45. The number of hydrogen-bond acceptors (Lipinski definition) is 4. The largest absolute Gasteiger partial charge is 0.367 e. The van der Waals surface area contributed by atoms with Crippen molar-refractivity contribution in [3.05, 3.63) is 18.0 Å². The lowest BCUT2D eigenvalue weighted by Crippen LogP contribution is -2.42. The van der Waals surface area contributed by atoms with E-state index < -0.39 is 6.10 Å². The van der Waals surface area contributed by atoms with E-state index in [1.807, 2.05) is 4.90 Å². The van der Waals surface area contributed by atoms with Gasteiger partial charge in [0.15, 0.2) is 0 Å². The zero-order valence-corrected chi connectivity index (χ0v) is 14.2. The molecule has 2 N–H and O–H groups in total. The van der Waals surface area contributed by atoms with Crippen molar-refractivity contribution in [2.45, 2.75) is 57.8 Å². The number of ether oxygens (including phenoxy) is 1. The maximum Gasteiger partial charge on any atom is 0.272 e. The van der Waals surface area contributed by atoms with Gasteiger partial charge in [-0.25, -0.2) is 0 Å². The Labute approximate surface area is 142 Å². The summed E-state index contributed by atoms with van der Waals surface area (Å²) >= 11 is 0. The maximum absolute atomic E-state index is 12.7. The van der Waals surface area contributed by atoms with Crippen LogP contribution in [0.1, 0.15) is 49.5 Å². The number of rotatable bonds is 5. The first-order valence-electron chi connectivity index (χ1n) is 8.86. The van der Waals surface area contributed by atoms with Crippen molar-refractivity contribution in [1.82, 2.24) is 14.7 Å². The van der Waals surface area contributed by atoms with Crippen molar-refractivity contribution in [2.24, 2.45) is 11.7 Å². The summed E-state index contributed by atoms with van der Waals surface area (Å²) in [7, 11) is 0.